The van der Waals surface area contributed by atoms with Gasteiger partial charge in [-0.05, 0) is 58.4 Å². The number of amides is 1. The first-order chi connectivity index (χ1) is 12.2. The van der Waals surface area contributed by atoms with Crippen LogP contribution < -0.4 is 4.72 Å². The lowest BCUT2D eigenvalue weighted by atomic mass is 9.97. The van der Waals surface area contributed by atoms with Crippen molar-refractivity contribution in [1.29, 1.82) is 0 Å². The molecule has 2 rings (SSSR count). The molecule has 0 saturated carbocycles. The van der Waals surface area contributed by atoms with Gasteiger partial charge in [-0.25, -0.2) is 17.9 Å². The fraction of sp³-hybridized carbons (Fsp3) is 0.529. The zero-order chi connectivity index (χ0) is 19.5. The third kappa shape index (κ3) is 4.55. The number of carbonyl (C=O) groups excluding carboxylic acids is 2. The summed E-state index contributed by atoms with van der Waals surface area (Å²) in [6.45, 7) is 3.53. The molecule has 0 aromatic heterocycles. The van der Waals surface area contributed by atoms with E-state index in [9.17, 15) is 18.0 Å². The lowest BCUT2D eigenvalue weighted by Gasteiger charge is -2.38. The van der Waals surface area contributed by atoms with Crippen LogP contribution in [0.4, 0.5) is 0 Å². The largest absolute Gasteiger partial charge is 0.452 e. The summed E-state index contributed by atoms with van der Waals surface area (Å²) in [5.74, 6) is -1.11. The molecule has 0 bridgehead atoms. The number of ether oxygens (including phenoxy) is 1. The predicted octanol–water partition coefficient (Wildman–Crippen LogP) is 2.19. The van der Waals surface area contributed by atoms with Gasteiger partial charge in [0.05, 0.1) is 15.5 Å². The molecule has 1 fully saturated rings. The number of piperidine rings is 1. The maximum atomic E-state index is 12.4. The van der Waals surface area contributed by atoms with Gasteiger partial charge in [0.25, 0.3) is 5.91 Å². The summed E-state index contributed by atoms with van der Waals surface area (Å²) in [6.07, 6.45) is 2.90. The number of hydrogen-bond donors (Lipinski definition) is 1. The van der Waals surface area contributed by atoms with Gasteiger partial charge in [-0.1, -0.05) is 11.6 Å². The van der Waals surface area contributed by atoms with E-state index in [1.165, 1.54) is 19.2 Å². The Morgan fingerprint density at radius 3 is 2.46 bits per heavy atom. The first-order valence-corrected chi connectivity index (χ1v) is 10.2. The summed E-state index contributed by atoms with van der Waals surface area (Å²) in [5.41, 5.74) is -0.101. The van der Waals surface area contributed by atoms with Gasteiger partial charge in [-0.2, -0.15) is 0 Å². The average Bonchev–Trinajstić information content (AvgIpc) is 2.59. The van der Waals surface area contributed by atoms with Gasteiger partial charge in [0.1, 0.15) is 0 Å². The summed E-state index contributed by atoms with van der Waals surface area (Å²) in [5, 5.41) is 0.0530. The number of nitrogens with zero attached hydrogens (tertiary/aromatic N) is 1. The van der Waals surface area contributed by atoms with E-state index in [0.717, 1.165) is 25.3 Å². The maximum absolute atomic E-state index is 12.4. The summed E-state index contributed by atoms with van der Waals surface area (Å²) in [6, 6.07) is 3.91. The Bertz CT molecular complexity index is 786. The van der Waals surface area contributed by atoms with E-state index in [4.69, 9.17) is 16.3 Å². The first kappa shape index (κ1) is 20.7. The van der Waals surface area contributed by atoms with Crippen LogP contribution in [-0.2, 0) is 19.6 Å². The lowest BCUT2D eigenvalue weighted by molar-refractivity contribution is -0.140. The lowest BCUT2D eigenvalue weighted by Crippen LogP contribution is -2.49. The van der Waals surface area contributed by atoms with E-state index in [0.29, 0.717) is 0 Å². The number of halogens is 1. The van der Waals surface area contributed by atoms with Crippen LogP contribution in [0.25, 0.3) is 0 Å². The molecular weight excluding hydrogens is 380 g/mol. The highest BCUT2D eigenvalue weighted by Crippen LogP contribution is 2.24. The predicted molar refractivity (Wildman–Crippen MR) is 97.6 cm³/mol. The Balaban J connectivity index is 2.10. The van der Waals surface area contributed by atoms with E-state index in [1.807, 2.05) is 13.8 Å². The van der Waals surface area contributed by atoms with E-state index < -0.39 is 22.6 Å². The van der Waals surface area contributed by atoms with Crippen molar-refractivity contribution >= 4 is 33.5 Å². The minimum Gasteiger partial charge on any atom is -0.452 e. The molecule has 7 nitrogen and oxygen atoms in total. The molecule has 1 aromatic carbocycles. The molecular formula is C17H23ClN2O5S. The summed E-state index contributed by atoms with van der Waals surface area (Å²) in [7, 11) is -2.46. The van der Waals surface area contributed by atoms with Crippen LogP contribution in [0.2, 0.25) is 5.02 Å². The zero-order valence-corrected chi connectivity index (χ0v) is 16.6. The highest BCUT2D eigenvalue weighted by atomic mass is 35.5. The van der Waals surface area contributed by atoms with Crippen molar-refractivity contribution in [2.24, 2.45) is 0 Å². The van der Waals surface area contributed by atoms with Crippen LogP contribution in [-0.4, -0.2) is 50.9 Å². The van der Waals surface area contributed by atoms with E-state index in [1.54, 1.807) is 4.90 Å². The molecule has 9 heteroatoms. The summed E-state index contributed by atoms with van der Waals surface area (Å²) >= 11 is 5.98. The molecule has 1 heterocycles. The highest BCUT2D eigenvalue weighted by Gasteiger charge is 2.29. The van der Waals surface area contributed by atoms with Gasteiger partial charge in [-0.3, -0.25) is 4.79 Å². The smallest absolute Gasteiger partial charge is 0.340 e. The van der Waals surface area contributed by atoms with Crippen LogP contribution in [0.3, 0.4) is 0 Å². The minimum atomic E-state index is -3.73. The van der Waals surface area contributed by atoms with Crippen molar-refractivity contribution in [2.45, 2.75) is 50.1 Å². The molecule has 1 N–H and O–H groups in total. The van der Waals surface area contributed by atoms with Gasteiger partial charge in [0.2, 0.25) is 10.0 Å². The van der Waals surface area contributed by atoms with Crippen molar-refractivity contribution in [1.82, 2.24) is 9.62 Å². The van der Waals surface area contributed by atoms with Crippen LogP contribution in [0.5, 0.6) is 0 Å². The SMILES string of the molecule is CNS(=O)(=O)c1ccc(Cl)c(C(=O)OCC(=O)N2C(C)CCCC2C)c1. The van der Waals surface area contributed by atoms with Crippen LogP contribution in [0, 0.1) is 0 Å². The molecule has 0 aliphatic carbocycles. The quantitative estimate of drug-likeness (QED) is 0.762. The second-order valence-electron chi connectivity index (χ2n) is 6.36. The van der Waals surface area contributed by atoms with Crippen LogP contribution in [0.15, 0.2) is 23.1 Å². The summed E-state index contributed by atoms with van der Waals surface area (Å²) in [4.78, 5) is 26.3. The highest BCUT2D eigenvalue weighted by molar-refractivity contribution is 7.89. The Labute approximate surface area is 158 Å². The number of carbonyl (C=O) groups is 2. The third-order valence-corrected chi connectivity index (χ3v) is 6.29. The molecule has 1 aliphatic heterocycles. The van der Waals surface area contributed by atoms with Gasteiger partial charge < -0.3 is 9.64 Å². The Kier molecular flexibility index (Phi) is 6.65. The summed E-state index contributed by atoms with van der Waals surface area (Å²) < 4.78 is 31.0. The molecule has 0 radical (unpaired) electrons. The molecule has 2 atom stereocenters. The van der Waals surface area contributed by atoms with Gasteiger partial charge in [0.15, 0.2) is 6.61 Å². The standard InChI is InChI=1S/C17H23ClN2O5S/c1-11-5-4-6-12(2)20(11)16(21)10-25-17(22)14-9-13(7-8-15(14)18)26(23,24)19-3/h7-9,11-12,19H,4-6,10H2,1-3H3. The molecule has 0 spiro atoms. The van der Waals surface area contributed by atoms with E-state index in [-0.39, 0.29) is 33.5 Å². The molecule has 1 amide bonds. The van der Waals surface area contributed by atoms with Crippen molar-refractivity contribution in [3.8, 4) is 0 Å². The Morgan fingerprint density at radius 2 is 1.88 bits per heavy atom. The second-order valence-corrected chi connectivity index (χ2v) is 8.65. The van der Waals surface area contributed by atoms with Crippen molar-refractivity contribution in [3.05, 3.63) is 28.8 Å². The maximum Gasteiger partial charge on any atom is 0.340 e. The fourth-order valence-electron chi connectivity index (χ4n) is 3.14. The number of hydrogen-bond acceptors (Lipinski definition) is 5. The first-order valence-electron chi connectivity index (χ1n) is 8.38. The van der Waals surface area contributed by atoms with Crippen molar-refractivity contribution < 1.29 is 22.7 Å². The van der Waals surface area contributed by atoms with E-state index in [2.05, 4.69) is 4.72 Å². The van der Waals surface area contributed by atoms with Gasteiger partial charge in [-0.15, -0.1) is 0 Å². The average molecular weight is 403 g/mol. The van der Waals surface area contributed by atoms with Crippen LogP contribution >= 0.6 is 11.6 Å². The molecule has 1 aliphatic rings. The topological polar surface area (TPSA) is 92.8 Å². The molecule has 144 valence electrons. The van der Waals surface area contributed by atoms with Crippen molar-refractivity contribution in [3.63, 3.8) is 0 Å². The molecule has 26 heavy (non-hydrogen) atoms. The fourth-order valence-corrected chi connectivity index (χ4v) is 4.09. The Morgan fingerprint density at radius 1 is 1.27 bits per heavy atom. The minimum absolute atomic E-state index is 0.0530. The Hall–Kier alpha value is -1.64. The van der Waals surface area contributed by atoms with E-state index >= 15 is 0 Å². The van der Waals surface area contributed by atoms with Crippen molar-refractivity contribution in [2.75, 3.05) is 13.7 Å². The number of sulfonamides is 1. The number of rotatable bonds is 5. The number of likely N-dealkylation sites (tertiary alicyclic amines) is 1. The number of benzene rings is 1. The monoisotopic (exact) mass is 402 g/mol. The van der Waals surface area contributed by atoms with Gasteiger partial charge >= 0.3 is 5.97 Å². The molecule has 2 unspecified atom stereocenters. The molecule has 1 aromatic rings. The van der Waals surface area contributed by atoms with Crippen LogP contribution in [0.1, 0.15) is 43.5 Å². The third-order valence-electron chi connectivity index (χ3n) is 4.55. The number of esters is 1. The number of nitrogens with one attached hydrogen (secondary N) is 1. The molecule has 1 saturated heterocycles. The zero-order valence-electron chi connectivity index (χ0n) is 15.0. The second kappa shape index (κ2) is 8.37. The normalized spacial score (nSPS) is 20.7. The van der Waals surface area contributed by atoms with Gasteiger partial charge in [0, 0.05) is 12.1 Å².